The van der Waals surface area contributed by atoms with Crippen molar-refractivity contribution in [2.75, 3.05) is 13.9 Å². The Labute approximate surface area is 96.9 Å². The Kier molecular flexibility index (Phi) is 3.23. The maximum absolute atomic E-state index is 5.36. The maximum atomic E-state index is 5.36. The summed E-state index contributed by atoms with van der Waals surface area (Å²) in [4.78, 5) is 0. The Bertz CT molecular complexity index is 468. The minimum Gasteiger partial charge on any atom is -0.468 e. The molecule has 0 bridgehead atoms. The molecular weight excluding hydrogens is 256 g/mol. The summed E-state index contributed by atoms with van der Waals surface area (Å²) < 4.78 is 11.3. The minimum atomic E-state index is 0.280. The number of hydrogen-bond donors (Lipinski definition) is 0. The van der Waals surface area contributed by atoms with Gasteiger partial charge in [-0.25, -0.2) is 0 Å². The third kappa shape index (κ3) is 2.49. The molecule has 0 aromatic heterocycles. The third-order valence-electron chi connectivity index (χ3n) is 2.12. The van der Waals surface area contributed by atoms with Crippen LogP contribution in [0.4, 0.5) is 0 Å². The summed E-state index contributed by atoms with van der Waals surface area (Å²) in [5, 5.41) is 2.35. The first-order chi connectivity index (χ1) is 7.29. The number of ether oxygens (including phenoxy) is 2. The highest BCUT2D eigenvalue weighted by atomic mass is 79.9. The minimum absolute atomic E-state index is 0.280. The maximum Gasteiger partial charge on any atom is 0.188 e. The normalized spacial score (nSPS) is 10.5. The second-order valence-electron chi connectivity index (χ2n) is 3.20. The van der Waals surface area contributed by atoms with E-state index in [1.54, 1.807) is 7.11 Å². The van der Waals surface area contributed by atoms with Gasteiger partial charge in [0.25, 0.3) is 0 Å². The van der Waals surface area contributed by atoms with Gasteiger partial charge in [-0.15, -0.1) is 0 Å². The van der Waals surface area contributed by atoms with Crippen LogP contribution in [0.15, 0.2) is 40.9 Å². The molecule has 3 heteroatoms. The second-order valence-corrected chi connectivity index (χ2v) is 4.12. The molecule has 0 heterocycles. The second kappa shape index (κ2) is 4.64. The fraction of sp³-hybridized carbons (Fsp3) is 0.167. The molecule has 78 valence electrons. The number of hydrogen-bond acceptors (Lipinski definition) is 2. The van der Waals surface area contributed by atoms with Crippen molar-refractivity contribution >= 4 is 26.7 Å². The molecule has 2 rings (SSSR count). The molecule has 0 unspecified atom stereocenters. The Morgan fingerprint density at radius 2 is 1.80 bits per heavy atom. The van der Waals surface area contributed by atoms with Gasteiger partial charge in [-0.05, 0) is 35.0 Å². The molecule has 2 nitrogen and oxygen atoms in total. The van der Waals surface area contributed by atoms with Crippen LogP contribution < -0.4 is 4.74 Å². The van der Waals surface area contributed by atoms with Gasteiger partial charge < -0.3 is 9.47 Å². The Hall–Kier alpha value is -1.06. The van der Waals surface area contributed by atoms with Gasteiger partial charge in [0.05, 0.1) is 0 Å². The highest BCUT2D eigenvalue weighted by Gasteiger charge is 1.97. The van der Waals surface area contributed by atoms with Crippen molar-refractivity contribution in [3.63, 3.8) is 0 Å². The van der Waals surface area contributed by atoms with Gasteiger partial charge in [-0.3, -0.25) is 0 Å². The molecule has 0 aliphatic rings. The highest BCUT2D eigenvalue weighted by Crippen LogP contribution is 2.23. The molecule has 0 saturated heterocycles. The lowest BCUT2D eigenvalue weighted by atomic mass is 10.1. The molecule has 15 heavy (non-hydrogen) atoms. The third-order valence-corrected chi connectivity index (χ3v) is 2.61. The Balaban J connectivity index is 2.34. The molecule has 0 atom stereocenters. The quantitative estimate of drug-likeness (QED) is 0.791. The van der Waals surface area contributed by atoms with E-state index in [0.29, 0.717) is 0 Å². The molecule has 0 aliphatic carbocycles. The van der Waals surface area contributed by atoms with Crippen LogP contribution in [0.5, 0.6) is 5.75 Å². The smallest absolute Gasteiger partial charge is 0.188 e. The average molecular weight is 267 g/mol. The van der Waals surface area contributed by atoms with E-state index in [4.69, 9.17) is 9.47 Å². The summed E-state index contributed by atoms with van der Waals surface area (Å²) >= 11 is 3.44. The highest BCUT2D eigenvalue weighted by molar-refractivity contribution is 9.10. The van der Waals surface area contributed by atoms with Crippen LogP contribution in [0.2, 0.25) is 0 Å². The van der Waals surface area contributed by atoms with Crippen LogP contribution in [-0.2, 0) is 4.74 Å². The monoisotopic (exact) mass is 266 g/mol. The van der Waals surface area contributed by atoms with E-state index >= 15 is 0 Å². The van der Waals surface area contributed by atoms with Crippen molar-refractivity contribution < 1.29 is 9.47 Å². The molecule has 0 fully saturated rings. The molecule has 0 amide bonds. The fourth-order valence-corrected chi connectivity index (χ4v) is 1.79. The van der Waals surface area contributed by atoms with E-state index in [2.05, 4.69) is 28.1 Å². The summed E-state index contributed by atoms with van der Waals surface area (Å²) in [5.74, 6) is 0.826. The first-order valence-corrected chi connectivity index (χ1v) is 5.40. The van der Waals surface area contributed by atoms with Crippen molar-refractivity contribution in [3.05, 3.63) is 40.9 Å². The van der Waals surface area contributed by atoms with Crippen LogP contribution in [0.25, 0.3) is 10.8 Å². The average Bonchev–Trinajstić information content (AvgIpc) is 2.26. The molecule has 0 saturated carbocycles. The van der Waals surface area contributed by atoms with Gasteiger partial charge in [0.1, 0.15) is 5.75 Å². The predicted octanol–water partition coefficient (Wildman–Crippen LogP) is 3.59. The molecular formula is C12H11BrO2. The van der Waals surface area contributed by atoms with Crippen molar-refractivity contribution in [2.45, 2.75) is 0 Å². The van der Waals surface area contributed by atoms with Gasteiger partial charge in [0.2, 0.25) is 0 Å². The SMILES string of the molecule is COCOc1ccc2cc(Br)ccc2c1. The fourth-order valence-electron chi connectivity index (χ4n) is 1.41. The Morgan fingerprint density at radius 1 is 1.07 bits per heavy atom. The first-order valence-electron chi connectivity index (χ1n) is 4.60. The number of halogens is 1. The van der Waals surface area contributed by atoms with Crippen LogP contribution >= 0.6 is 15.9 Å². The zero-order valence-corrected chi connectivity index (χ0v) is 9.95. The largest absolute Gasteiger partial charge is 0.468 e. The lowest BCUT2D eigenvalue weighted by Gasteiger charge is -2.05. The number of rotatable bonds is 3. The van der Waals surface area contributed by atoms with E-state index < -0.39 is 0 Å². The van der Waals surface area contributed by atoms with Crippen LogP contribution in [0, 0.1) is 0 Å². The van der Waals surface area contributed by atoms with Crippen molar-refractivity contribution in [2.24, 2.45) is 0 Å². The predicted molar refractivity (Wildman–Crippen MR) is 64.2 cm³/mol. The van der Waals surface area contributed by atoms with Gasteiger partial charge >= 0.3 is 0 Å². The van der Waals surface area contributed by atoms with E-state index in [9.17, 15) is 0 Å². The van der Waals surface area contributed by atoms with Crippen LogP contribution in [0.3, 0.4) is 0 Å². The van der Waals surface area contributed by atoms with Gasteiger partial charge in [0, 0.05) is 11.6 Å². The topological polar surface area (TPSA) is 18.5 Å². The number of benzene rings is 2. The zero-order chi connectivity index (χ0) is 10.7. The Morgan fingerprint density at radius 3 is 2.60 bits per heavy atom. The van der Waals surface area contributed by atoms with Crippen molar-refractivity contribution in [1.82, 2.24) is 0 Å². The lowest BCUT2D eigenvalue weighted by molar-refractivity contribution is 0.0512. The van der Waals surface area contributed by atoms with E-state index in [0.717, 1.165) is 15.6 Å². The zero-order valence-electron chi connectivity index (χ0n) is 8.37. The van der Waals surface area contributed by atoms with Gasteiger partial charge in [-0.2, -0.15) is 0 Å². The molecule has 0 spiro atoms. The summed E-state index contributed by atoms with van der Waals surface area (Å²) in [6.45, 7) is 0.280. The lowest BCUT2D eigenvalue weighted by Crippen LogP contribution is -1.98. The summed E-state index contributed by atoms with van der Waals surface area (Å²) in [6.07, 6.45) is 0. The van der Waals surface area contributed by atoms with Crippen molar-refractivity contribution in [3.8, 4) is 5.75 Å². The summed E-state index contributed by atoms with van der Waals surface area (Å²) in [6, 6.07) is 12.1. The number of methoxy groups -OCH3 is 1. The van der Waals surface area contributed by atoms with Crippen molar-refractivity contribution in [1.29, 1.82) is 0 Å². The van der Waals surface area contributed by atoms with E-state index in [1.807, 2.05) is 24.3 Å². The van der Waals surface area contributed by atoms with E-state index in [1.165, 1.54) is 5.39 Å². The van der Waals surface area contributed by atoms with E-state index in [-0.39, 0.29) is 6.79 Å². The van der Waals surface area contributed by atoms with Gasteiger partial charge in [-0.1, -0.05) is 28.1 Å². The molecule has 2 aromatic carbocycles. The standard InChI is InChI=1S/C12H11BrO2/c1-14-8-15-12-5-3-9-6-11(13)4-2-10(9)7-12/h2-7H,8H2,1H3. The van der Waals surface area contributed by atoms with Gasteiger partial charge in [0.15, 0.2) is 6.79 Å². The molecule has 2 aromatic rings. The van der Waals surface area contributed by atoms with Crippen LogP contribution in [-0.4, -0.2) is 13.9 Å². The molecule has 0 aliphatic heterocycles. The summed E-state index contributed by atoms with van der Waals surface area (Å²) in [5.41, 5.74) is 0. The number of fused-ring (bicyclic) bond motifs is 1. The molecule has 0 radical (unpaired) electrons. The van der Waals surface area contributed by atoms with Crippen LogP contribution in [0.1, 0.15) is 0 Å². The summed E-state index contributed by atoms with van der Waals surface area (Å²) in [7, 11) is 1.61. The first kappa shape index (κ1) is 10.5. The molecule has 0 N–H and O–H groups in total.